The molecule has 5 heteroatoms. The maximum Gasteiger partial charge on any atom is 0.123 e. The van der Waals surface area contributed by atoms with E-state index in [0.717, 1.165) is 25.3 Å². The third kappa shape index (κ3) is 4.93. The van der Waals surface area contributed by atoms with Crippen LogP contribution in [0.25, 0.3) is 16.6 Å². The van der Waals surface area contributed by atoms with Gasteiger partial charge in [-0.15, -0.1) is 10.2 Å². The quantitative estimate of drug-likeness (QED) is 0.324. The second-order valence-corrected chi connectivity index (χ2v) is 9.40. The van der Waals surface area contributed by atoms with Crippen molar-refractivity contribution in [3.8, 4) is 5.69 Å². The van der Waals surface area contributed by atoms with Gasteiger partial charge in [0.25, 0.3) is 0 Å². The molecule has 5 rings (SSSR count). The second kappa shape index (κ2) is 9.75. The fourth-order valence-electron chi connectivity index (χ4n) is 5.11. The highest BCUT2D eigenvalue weighted by Gasteiger charge is 2.18. The number of fused-ring (bicyclic) bond motifs is 1. The minimum absolute atomic E-state index is 0.593. The number of hydrogen-bond donors (Lipinski definition) is 0. The van der Waals surface area contributed by atoms with Crippen LogP contribution in [-0.4, -0.2) is 43.9 Å². The predicted octanol–water partition coefficient (Wildman–Crippen LogP) is 5.83. The average molecular weight is 440 g/mol. The van der Waals surface area contributed by atoms with E-state index < -0.39 is 0 Å². The van der Waals surface area contributed by atoms with Crippen LogP contribution in [0, 0.1) is 0 Å². The summed E-state index contributed by atoms with van der Waals surface area (Å²) in [4.78, 5) is 2.63. The van der Waals surface area contributed by atoms with Gasteiger partial charge in [-0.25, -0.2) is 0 Å². The third-order valence-electron chi connectivity index (χ3n) is 7.06. The maximum absolute atomic E-state index is 3.91. The molecule has 0 amide bonds. The van der Waals surface area contributed by atoms with Crippen molar-refractivity contribution < 1.29 is 0 Å². The lowest BCUT2D eigenvalue weighted by atomic mass is 9.88. The zero-order valence-corrected chi connectivity index (χ0v) is 19.7. The molecule has 0 radical (unpaired) electrons. The summed E-state index contributed by atoms with van der Waals surface area (Å²) < 4.78 is 4.32. The lowest BCUT2D eigenvalue weighted by Gasteiger charge is -2.31. The molecule has 1 unspecified atom stereocenters. The van der Waals surface area contributed by atoms with Crippen LogP contribution in [0.1, 0.15) is 44.6 Å². The lowest BCUT2D eigenvalue weighted by Crippen LogP contribution is -2.32. The monoisotopic (exact) mass is 439 g/mol. The van der Waals surface area contributed by atoms with E-state index in [4.69, 9.17) is 0 Å². The Hall–Kier alpha value is -3.18. The summed E-state index contributed by atoms with van der Waals surface area (Å²) in [7, 11) is 0. The second-order valence-electron chi connectivity index (χ2n) is 9.40. The van der Waals surface area contributed by atoms with E-state index in [0.29, 0.717) is 5.92 Å². The largest absolute Gasteiger partial charge is 0.347 e. The van der Waals surface area contributed by atoms with Crippen LogP contribution < -0.4 is 0 Å². The Bertz CT molecular complexity index is 1220. The topological polar surface area (TPSA) is 38.9 Å². The average Bonchev–Trinajstić information content (AvgIpc) is 3.51. The molecule has 2 aromatic carbocycles. The van der Waals surface area contributed by atoms with E-state index in [1.807, 2.05) is 4.57 Å². The van der Waals surface area contributed by atoms with E-state index >= 15 is 0 Å². The molecule has 1 atom stereocenters. The van der Waals surface area contributed by atoms with Crippen LogP contribution in [0.15, 0.2) is 84.6 Å². The van der Waals surface area contributed by atoms with Crippen LogP contribution in [0.5, 0.6) is 0 Å². The smallest absolute Gasteiger partial charge is 0.123 e. The number of benzene rings is 2. The first-order valence-corrected chi connectivity index (χ1v) is 12.1. The van der Waals surface area contributed by atoms with E-state index in [1.54, 1.807) is 23.8 Å². The Morgan fingerprint density at radius 1 is 0.970 bits per heavy atom. The molecule has 5 nitrogen and oxygen atoms in total. The van der Waals surface area contributed by atoms with Gasteiger partial charge in [-0.1, -0.05) is 48.4 Å². The van der Waals surface area contributed by atoms with Gasteiger partial charge in [-0.3, -0.25) is 9.47 Å². The van der Waals surface area contributed by atoms with Crippen LogP contribution >= 0.6 is 0 Å². The van der Waals surface area contributed by atoms with Gasteiger partial charge in [0.2, 0.25) is 0 Å². The Kier molecular flexibility index (Phi) is 6.40. The van der Waals surface area contributed by atoms with Crippen molar-refractivity contribution in [3.63, 3.8) is 0 Å². The highest BCUT2D eigenvalue weighted by molar-refractivity contribution is 5.82. The lowest BCUT2D eigenvalue weighted by molar-refractivity contribution is 0.274. The minimum Gasteiger partial charge on any atom is -0.347 e. The molecule has 170 valence electrons. The van der Waals surface area contributed by atoms with E-state index in [-0.39, 0.29) is 0 Å². The number of hydrogen-bond acceptors (Lipinski definition) is 3. The molecule has 33 heavy (non-hydrogen) atoms. The van der Waals surface area contributed by atoms with Crippen LogP contribution in [-0.2, 0) is 6.54 Å². The van der Waals surface area contributed by atoms with Gasteiger partial charge in [0.05, 0.1) is 0 Å². The SMILES string of the molecule is CC1=C(CC(C)c2ccccc2)CCN(CCCn2ccc3cc(-n4cnnc4)ccc32)C1. The fraction of sp³-hybridized carbons (Fsp3) is 0.357. The van der Waals surface area contributed by atoms with Crippen molar-refractivity contribution in [1.82, 2.24) is 24.2 Å². The fourth-order valence-corrected chi connectivity index (χ4v) is 5.11. The molecular weight excluding hydrogens is 406 g/mol. The first kappa shape index (κ1) is 21.7. The van der Waals surface area contributed by atoms with Gasteiger partial charge in [-0.05, 0) is 61.9 Å². The van der Waals surface area contributed by atoms with Crippen molar-refractivity contribution in [2.45, 2.75) is 45.6 Å². The van der Waals surface area contributed by atoms with Gasteiger partial charge in [-0.2, -0.15) is 0 Å². The highest BCUT2D eigenvalue weighted by Crippen LogP contribution is 2.29. The minimum atomic E-state index is 0.593. The molecule has 0 fully saturated rings. The van der Waals surface area contributed by atoms with Gasteiger partial charge in [0.1, 0.15) is 12.7 Å². The Morgan fingerprint density at radius 2 is 1.79 bits per heavy atom. The van der Waals surface area contributed by atoms with Gasteiger partial charge < -0.3 is 4.57 Å². The van der Waals surface area contributed by atoms with Crippen molar-refractivity contribution in [2.75, 3.05) is 19.6 Å². The molecule has 1 aliphatic heterocycles. The summed E-state index contributed by atoms with van der Waals surface area (Å²) in [5.41, 5.74) is 7.09. The highest BCUT2D eigenvalue weighted by atomic mass is 15.2. The molecular formula is C28H33N5. The first-order valence-electron chi connectivity index (χ1n) is 12.1. The summed E-state index contributed by atoms with van der Waals surface area (Å²) in [5.74, 6) is 0.593. The molecule has 0 aliphatic carbocycles. The van der Waals surface area contributed by atoms with Crippen LogP contribution in [0.3, 0.4) is 0 Å². The third-order valence-corrected chi connectivity index (χ3v) is 7.06. The molecule has 3 heterocycles. The maximum atomic E-state index is 3.91. The van der Waals surface area contributed by atoms with Crippen molar-refractivity contribution in [2.24, 2.45) is 0 Å². The number of rotatable bonds is 8. The molecule has 1 aliphatic rings. The molecule has 0 spiro atoms. The van der Waals surface area contributed by atoms with E-state index in [1.165, 1.54) is 42.3 Å². The van der Waals surface area contributed by atoms with Gasteiger partial charge in [0, 0.05) is 49.0 Å². The Balaban J connectivity index is 1.15. The zero-order valence-electron chi connectivity index (χ0n) is 19.7. The molecule has 0 saturated carbocycles. The van der Waals surface area contributed by atoms with Crippen LogP contribution in [0.2, 0.25) is 0 Å². The van der Waals surface area contributed by atoms with E-state index in [9.17, 15) is 0 Å². The summed E-state index contributed by atoms with van der Waals surface area (Å²) in [6.07, 6.45) is 9.25. The Labute approximate surface area is 196 Å². The molecule has 4 aromatic rings. The molecule has 0 bridgehead atoms. The molecule has 0 N–H and O–H groups in total. The predicted molar refractivity (Wildman–Crippen MR) is 135 cm³/mol. The standard InChI is InChI=1S/C28H33N5/c1-22(24-7-4-3-5-8-24)17-25-11-15-31(19-23(25)2)13-6-14-32-16-12-26-18-27(9-10-28(26)32)33-20-29-30-21-33/h3-5,7-10,12,16,18,20-22H,6,11,13-15,17,19H2,1-2H3. The summed E-state index contributed by atoms with van der Waals surface area (Å²) in [5, 5.41) is 9.07. The van der Waals surface area contributed by atoms with Gasteiger partial charge >= 0.3 is 0 Å². The summed E-state index contributed by atoms with van der Waals surface area (Å²) in [6, 6.07) is 19.7. The number of aromatic nitrogens is 4. The normalized spacial score (nSPS) is 15.9. The summed E-state index contributed by atoms with van der Waals surface area (Å²) >= 11 is 0. The van der Waals surface area contributed by atoms with Crippen molar-refractivity contribution in [3.05, 3.63) is 90.2 Å². The van der Waals surface area contributed by atoms with Gasteiger partial charge in [0.15, 0.2) is 0 Å². The number of nitrogens with zero attached hydrogens (tertiary/aromatic N) is 5. The number of aryl methyl sites for hydroxylation is 1. The van der Waals surface area contributed by atoms with Crippen LogP contribution in [0.4, 0.5) is 0 Å². The summed E-state index contributed by atoms with van der Waals surface area (Å²) in [6.45, 7) is 9.20. The molecule has 0 saturated heterocycles. The first-order chi connectivity index (χ1) is 16.2. The van der Waals surface area contributed by atoms with E-state index in [2.05, 4.69) is 94.3 Å². The van der Waals surface area contributed by atoms with Crippen molar-refractivity contribution in [1.29, 1.82) is 0 Å². The Morgan fingerprint density at radius 3 is 2.58 bits per heavy atom. The van der Waals surface area contributed by atoms with Crippen molar-refractivity contribution >= 4 is 10.9 Å². The molecule has 2 aromatic heterocycles. The zero-order chi connectivity index (χ0) is 22.6.